The van der Waals surface area contributed by atoms with Gasteiger partial charge in [0.25, 0.3) is 5.91 Å². The summed E-state index contributed by atoms with van der Waals surface area (Å²) in [6.07, 6.45) is -0.714. The predicted octanol–water partition coefficient (Wildman–Crippen LogP) is 3.14. The second-order valence-corrected chi connectivity index (χ2v) is 4.57. The Morgan fingerprint density at radius 3 is 2.62 bits per heavy atom. The van der Waals surface area contributed by atoms with Crippen molar-refractivity contribution in [1.29, 1.82) is 0 Å². The summed E-state index contributed by atoms with van der Waals surface area (Å²) in [5.41, 5.74) is 1.27. The second kappa shape index (κ2) is 6.37. The van der Waals surface area contributed by atoms with Crippen LogP contribution in [0.2, 0.25) is 0 Å². The minimum absolute atomic E-state index is 0.0796. The smallest absolute Gasteiger partial charge is 0.255 e. The summed E-state index contributed by atoms with van der Waals surface area (Å²) in [4.78, 5) is 12.1. The molecule has 0 aliphatic carbocycles. The predicted molar refractivity (Wildman–Crippen MR) is 78.0 cm³/mol. The number of methoxy groups -OCH3 is 1. The SMILES string of the molecule is COc1ccc(C(=O)Nc2ccccc2C(C)O)cc1F. The van der Waals surface area contributed by atoms with Crippen LogP contribution < -0.4 is 10.1 Å². The molecule has 0 heterocycles. The number of ether oxygens (including phenoxy) is 1. The van der Waals surface area contributed by atoms with Crippen molar-refractivity contribution < 1.29 is 19.0 Å². The van der Waals surface area contributed by atoms with Crippen LogP contribution in [0.4, 0.5) is 10.1 Å². The molecule has 0 saturated carbocycles. The molecule has 21 heavy (non-hydrogen) atoms. The third kappa shape index (κ3) is 3.38. The average Bonchev–Trinajstić information content (AvgIpc) is 2.47. The normalized spacial score (nSPS) is 11.8. The van der Waals surface area contributed by atoms with Gasteiger partial charge in [0.1, 0.15) is 0 Å². The van der Waals surface area contributed by atoms with E-state index in [1.807, 2.05) is 0 Å². The zero-order valence-electron chi connectivity index (χ0n) is 11.8. The fraction of sp³-hybridized carbons (Fsp3) is 0.188. The van der Waals surface area contributed by atoms with Crippen LogP contribution in [0.25, 0.3) is 0 Å². The molecule has 4 nitrogen and oxygen atoms in total. The van der Waals surface area contributed by atoms with Gasteiger partial charge in [-0.2, -0.15) is 0 Å². The van der Waals surface area contributed by atoms with E-state index in [2.05, 4.69) is 5.32 Å². The van der Waals surface area contributed by atoms with Gasteiger partial charge in [-0.25, -0.2) is 4.39 Å². The van der Waals surface area contributed by atoms with Crippen molar-refractivity contribution in [2.24, 2.45) is 0 Å². The summed E-state index contributed by atoms with van der Waals surface area (Å²) >= 11 is 0. The van der Waals surface area contributed by atoms with Crippen molar-refractivity contribution in [3.05, 3.63) is 59.4 Å². The van der Waals surface area contributed by atoms with E-state index >= 15 is 0 Å². The molecule has 0 bridgehead atoms. The third-order valence-electron chi connectivity index (χ3n) is 3.07. The molecular formula is C16H16FNO3. The Kier molecular flexibility index (Phi) is 4.55. The van der Waals surface area contributed by atoms with Crippen LogP contribution in [-0.4, -0.2) is 18.1 Å². The molecule has 0 aromatic heterocycles. The molecule has 2 aromatic carbocycles. The van der Waals surface area contributed by atoms with Crippen LogP contribution in [0.1, 0.15) is 28.9 Å². The molecule has 0 saturated heterocycles. The molecule has 2 rings (SSSR count). The first-order valence-electron chi connectivity index (χ1n) is 6.45. The van der Waals surface area contributed by atoms with Crippen LogP contribution >= 0.6 is 0 Å². The molecule has 0 radical (unpaired) electrons. The van der Waals surface area contributed by atoms with Gasteiger partial charge in [-0.1, -0.05) is 18.2 Å². The Bertz CT molecular complexity index is 656. The molecule has 1 atom stereocenters. The number of halogens is 1. The molecular weight excluding hydrogens is 273 g/mol. The third-order valence-corrected chi connectivity index (χ3v) is 3.07. The van der Waals surface area contributed by atoms with Gasteiger partial charge in [-0.05, 0) is 31.2 Å². The average molecular weight is 289 g/mol. The van der Waals surface area contributed by atoms with Crippen molar-refractivity contribution in [1.82, 2.24) is 0 Å². The number of carbonyl (C=O) groups excluding carboxylic acids is 1. The number of para-hydroxylation sites is 1. The molecule has 0 spiro atoms. The van der Waals surface area contributed by atoms with E-state index in [-0.39, 0.29) is 11.3 Å². The lowest BCUT2D eigenvalue weighted by molar-refractivity contribution is 0.102. The molecule has 2 aromatic rings. The number of hydrogen-bond donors (Lipinski definition) is 2. The van der Waals surface area contributed by atoms with E-state index in [9.17, 15) is 14.3 Å². The van der Waals surface area contributed by atoms with E-state index < -0.39 is 17.8 Å². The lowest BCUT2D eigenvalue weighted by Gasteiger charge is -2.13. The quantitative estimate of drug-likeness (QED) is 0.909. The lowest BCUT2D eigenvalue weighted by Crippen LogP contribution is -2.14. The van der Waals surface area contributed by atoms with Gasteiger partial charge >= 0.3 is 0 Å². The Hall–Kier alpha value is -2.40. The van der Waals surface area contributed by atoms with Gasteiger partial charge in [0.05, 0.1) is 13.2 Å². The summed E-state index contributed by atoms with van der Waals surface area (Å²) < 4.78 is 18.4. The van der Waals surface area contributed by atoms with Crippen molar-refractivity contribution >= 4 is 11.6 Å². The Balaban J connectivity index is 2.24. The summed E-state index contributed by atoms with van der Waals surface area (Å²) in [7, 11) is 1.36. The zero-order chi connectivity index (χ0) is 15.4. The Morgan fingerprint density at radius 2 is 2.00 bits per heavy atom. The van der Waals surface area contributed by atoms with Gasteiger partial charge < -0.3 is 15.2 Å². The van der Waals surface area contributed by atoms with Crippen molar-refractivity contribution in [2.45, 2.75) is 13.0 Å². The van der Waals surface area contributed by atoms with Crippen molar-refractivity contribution in [3.8, 4) is 5.75 Å². The maximum atomic E-state index is 13.6. The van der Waals surface area contributed by atoms with E-state index in [1.165, 1.54) is 19.2 Å². The molecule has 110 valence electrons. The van der Waals surface area contributed by atoms with Crippen LogP contribution in [0.3, 0.4) is 0 Å². The highest BCUT2D eigenvalue weighted by molar-refractivity contribution is 6.04. The van der Waals surface area contributed by atoms with E-state index in [0.29, 0.717) is 11.3 Å². The first kappa shape index (κ1) is 15.0. The van der Waals surface area contributed by atoms with Crippen molar-refractivity contribution in [2.75, 3.05) is 12.4 Å². The minimum Gasteiger partial charge on any atom is -0.494 e. The minimum atomic E-state index is -0.714. The van der Waals surface area contributed by atoms with Gasteiger partial charge in [-0.15, -0.1) is 0 Å². The number of nitrogens with one attached hydrogen (secondary N) is 1. The summed E-state index contributed by atoms with van der Waals surface area (Å²) in [6.45, 7) is 1.61. The standard InChI is InChI=1S/C16H16FNO3/c1-10(19)12-5-3-4-6-14(12)18-16(20)11-7-8-15(21-2)13(17)9-11/h3-10,19H,1-2H3,(H,18,20). The van der Waals surface area contributed by atoms with Gasteiger partial charge in [-0.3, -0.25) is 4.79 Å². The summed E-state index contributed by atoms with van der Waals surface area (Å²) in [5, 5.41) is 12.3. The Labute approximate surface area is 122 Å². The summed E-state index contributed by atoms with van der Waals surface area (Å²) in [6, 6.07) is 10.9. The highest BCUT2D eigenvalue weighted by Crippen LogP contribution is 2.23. The molecule has 1 unspecified atom stereocenters. The van der Waals surface area contributed by atoms with Gasteiger partial charge in [0, 0.05) is 16.8 Å². The summed E-state index contributed by atoms with van der Waals surface area (Å²) in [5.74, 6) is -0.977. The number of hydrogen-bond acceptors (Lipinski definition) is 3. The fourth-order valence-electron chi connectivity index (χ4n) is 1.98. The maximum Gasteiger partial charge on any atom is 0.255 e. The second-order valence-electron chi connectivity index (χ2n) is 4.57. The van der Waals surface area contributed by atoms with E-state index in [4.69, 9.17) is 4.74 Å². The number of amides is 1. The van der Waals surface area contributed by atoms with Gasteiger partial charge in [0.15, 0.2) is 11.6 Å². The number of aliphatic hydroxyl groups excluding tert-OH is 1. The van der Waals surface area contributed by atoms with Crippen LogP contribution in [0, 0.1) is 5.82 Å². The van der Waals surface area contributed by atoms with Crippen LogP contribution in [0.5, 0.6) is 5.75 Å². The Morgan fingerprint density at radius 1 is 1.29 bits per heavy atom. The van der Waals surface area contributed by atoms with Crippen LogP contribution in [-0.2, 0) is 0 Å². The molecule has 5 heteroatoms. The first-order valence-corrected chi connectivity index (χ1v) is 6.45. The number of aliphatic hydroxyl groups is 1. The number of benzene rings is 2. The molecule has 0 aliphatic rings. The zero-order valence-corrected chi connectivity index (χ0v) is 11.8. The molecule has 2 N–H and O–H groups in total. The molecule has 0 aliphatic heterocycles. The highest BCUT2D eigenvalue weighted by Gasteiger charge is 2.13. The lowest BCUT2D eigenvalue weighted by atomic mass is 10.1. The van der Waals surface area contributed by atoms with Gasteiger partial charge in [0.2, 0.25) is 0 Å². The van der Waals surface area contributed by atoms with E-state index in [1.54, 1.807) is 31.2 Å². The number of anilines is 1. The highest BCUT2D eigenvalue weighted by atomic mass is 19.1. The van der Waals surface area contributed by atoms with Crippen molar-refractivity contribution in [3.63, 3.8) is 0 Å². The number of rotatable bonds is 4. The maximum absolute atomic E-state index is 13.6. The number of carbonyl (C=O) groups is 1. The molecule has 1 amide bonds. The largest absolute Gasteiger partial charge is 0.494 e. The van der Waals surface area contributed by atoms with Crippen LogP contribution in [0.15, 0.2) is 42.5 Å². The molecule has 0 fully saturated rings. The first-order chi connectivity index (χ1) is 10.0. The monoisotopic (exact) mass is 289 g/mol. The topological polar surface area (TPSA) is 58.6 Å². The fourth-order valence-corrected chi connectivity index (χ4v) is 1.98. The van der Waals surface area contributed by atoms with E-state index in [0.717, 1.165) is 6.07 Å².